The molecule has 0 spiro atoms. The fraction of sp³-hybridized carbons (Fsp3) is 0.571. The van der Waals surface area contributed by atoms with Gasteiger partial charge in [-0.2, -0.15) is 18.3 Å². The quantitative estimate of drug-likeness (QED) is 0.630. The summed E-state index contributed by atoms with van der Waals surface area (Å²) in [7, 11) is -4.17. The lowest BCUT2D eigenvalue weighted by Gasteiger charge is -2.39. The minimum absolute atomic E-state index is 0.0368. The number of aromatic nitrogens is 2. The molecule has 2 unspecified atom stereocenters. The van der Waals surface area contributed by atoms with Crippen LogP contribution in [0.4, 0.5) is 17.6 Å². The first-order valence-corrected chi connectivity index (χ1v) is 11.5. The predicted molar refractivity (Wildman–Crippen MR) is 108 cm³/mol. The number of hydrogen-bond donors (Lipinski definition) is 1. The highest BCUT2D eigenvalue weighted by Crippen LogP contribution is 2.43. The molecule has 11 heteroatoms. The van der Waals surface area contributed by atoms with E-state index in [1.54, 1.807) is 13.8 Å². The summed E-state index contributed by atoms with van der Waals surface area (Å²) in [5, 5.41) is 13.9. The molecule has 6 nitrogen and oxygen atoms in total. The second-order valence-electron chi connectivity index (χ2n) is 8.87. The third-order valence-electron chi connectivity index (χ3n) is 5.90. The van der Waals surface area contributed by atoms with E-state index in [9.17, 15) is 31.1 Å². The highest BCUT2D eigenvalue weighted by atomic mass is 32.2. The van der Waals surface area contributed by atoms with Crippen molar-refractivity contribution in [3.8, 4) is 0 Å². The Morgan fingerprint density at radius 1 is 1.28 bits per heavy atom. The van der Waals surface area contributed by atoms with Crippen LogP contribution in [0.3, 0.4) is 0 Å². The van der Waals surface area contributed by atoms with Gasteiger partial charge in [-0.1, -0.05) is 6.07 Å². The fourth-order valence-corrected chi connectivity index (χ4v) is 5.65. The number of aliphatic hydroxyl groups is 1. The van der Waals surface area contributed by atoms with Crippen LogP contribution in [0.2, 0.25) is 0 Å². The maximum Gasteiger partial charge on any atom is 0.416 e. The molecule has 0 aliphatic carbocycles. The molecule has 1 aliphatic rings. The molecular formula is C21H26F4N2O4S. The smallest absolute Gasteiger partial charge is 0.394 e. The largest absolute Gasteiger partial charge is 0.416 e. The second-order valence-corrected chi connectivity index (χ2v) is 11.3. The van der Waals surface area contributed by atoms with Gasteiger partial charge in [0.15, 0.2) is 9.84 Å². The molecule has 1 N–H and O–H groups in total. The third kappa shape index (κ3) is 4.42. The minimum atomic E-state index is -4.67. The van der Waals surface area contributed by atoms with Gasteiger partial charge in [0.05, 0.1) is 38.7 Å². The lowest BCUT2D eigenvalue weighted by atomic mass is 9.94. The van der Waals surface area contributed by atoms with Gasteiger partial charge >= 0.3 is 6.18 Å². The number of alkyl halides is 4. The Labute approximate surface area is 184 Å². The van der Waals surface area contributed by atoms with Gasteiger partial charge in [-0.3, -0.25) is 4.68 Å². The van der Waals surface area contributed by atoms with E-state index in [-0.39, 0.29) is 31.7 Å². The van der Waals surface area contributed by atoms with Crippen LogP contribution in [0.5, 0.6) is 0 Å². The summed E-state index contributed by atoms with van der Waals surface area (Å²) in [4.78, 5) is -0.413. The first kappa shape index (κ1) is 24.7. The van der Waals surface area contributed by atoms with Crippen LogP contribution in [-0.4, -0.2) is 41.3 Å². The Morgan fingerprint density at radius 2 is 1.97 bits per heavy atom. The van der Waals surface area contributed by atoms with Gasteiger partial charge in [0, 0.05) is 6.61 Å². The number of hydrogen-bond acceptors (Lipinski definition) is 5. The van der Waals surface area contributed by atoms with Crippen molar-refractivity contribution < 1.29 is 35.8 Å². The average Bonchev–Trinajstić information content (AvgIpc) is 3.19. The van der Waals surface area contributed by atoms with Crippen molar-refractivity contribution in [2.45, 2.75) is 67.7 Å². The number of sulfone groups is 1. The molecule has 0 bridgehead atoms. The number of aliphatic hydroxyl groups excluding tert-OH is 1. The molecule has 2 heterocycles. The molecule has 1 aromatic heterocycles. The molecule has 1 fully saturated rings. The molecular weight excluding hydrogens is 452 g/mol. The van der Waals surface area contributed by atoms with Gasteiger partial charge < -0.3 is 9.84 Å². The van der Waals surface area contributed by atoms with Crippen LogP contribution in [0.25, 0.3) is 0 Å². The zero-order valence-electron chi connectivity index (χ0n) is 18.0. The molecule has 0 amide bonds. The van der Waals surface area contributed by atoms with Crippen molar-refractivity contribution in [2.24, 2.45) is 0 Å². The van der Waals surface area contributed by atoms with E-state index in [1.165, 1.54) is 17.7 Å². The molecule has 2 atom stereocenters. The number of halogens is 4. The number of ether oxygens (including phenoxy) is 1. The van der Waals surface area contributed by atoms with Crippen molar-refractivity contribution in [3.05, 3.63) is 47.3 Å². The van der Waals surface area contributed by atoms with Crippen molar-refractivity contribution >= 4 is 9.84 Å². The SMILES string of the molecule is CC(C)(CO)n1nc(CF)cc1C1CC(C)(S(=O)(=O)c2cccc(C(F)(F)F)c2)CCO1. The Morgan fingerprint density at radius 3 is 2.56 bits per heavy atom. The topological polar surface area (TPSA) is 81.4 Å². The summed E-state index contributed by atoms with van der Waals surface area (Å²) in [5.74, 6) is 0. The van der Waals surface area contributed by atoms with Crippen LogP contribution in [0, 0.1) is 0 Å². The van der Waals surface area contributed by atoms with Gasteiger partial charge in [-0.15, -0.1) is 0 Å². The van der Waals surface area contributed by atoms with Crippen LogP contribution in [-0.2, 0) is 33.0 Å². The molecule has 32 heavy (non-hydrogen) atoms. The van der Waals surface area contributed by atoms with Crippen LogP contribution in [0.1, 0.15) is 56.7 Å². The summed E-state index contributed by atoms with van der Waals surface area (Å²) < 4.78 is 85.3. The first-order valence-electron chi connectivity index (χ1n) is 10.0. The van der Waals surface area contributed by atoms with Gasteiger partial charge in [0.2, 0.25) is 0 Å². The maximum absolute atomic E-state index is 13.4. The summed E-state index contributed by atoms with van der Waals surface area (Å²) in [5.41, 5.74) is -1.43. The second kappa shape index (κ2) is 8.42. The van der Waals surface area contributed by atoms with Gasteiger partial charge in [0.1, 0.15) is 12.8 Å². The third-order valence-corrected chi connectivity index (χ3v) is 8.45. The van der Waals surface area contributed by atoms with Crippen LogP contribution in [0.15, 0.2) is 35.2 Å². The predicted octanol–water partition coefficient (Wildman–Crippen LogP) is 4.18. The van der Waals surface area contributed by atoms with Crippen molar-refractivity contribution in [1.82, 2.24) is 9.78 Å². The summed E-state index contributed by atoms with van der Waals surface area (Å²) >= 11 is 0. The number of nitrogens with zero attached hydrogens (tertiary/aromatic N) is 2. The molecule has 3 rings (SSSR count). The number of benzene rings is 1. The van der Waals surface area contributed by atoms with Crippen molar-refractivity contribution in [1.29, 1.82) is 0 Å². The lowest BCUT2D eigenvalue weighted by Crippen LogP contribution is -2.43. The lowest BCUT2D eigenvalue weighted by molar-refractivity contribution is -0.137. The highest BCUT2D eigenvalue weighted by Gasteiger charge is 2.47. The molecule has 1 aromatic carbocycles. The highest BCUT2D eigenvalue weighted by molar-refractivity contribution is 7.92. The Bertz CT molecular complexity index is 1080. The standard InChI is InChI=1S/C21H26F4N2O4S/c1-19(2,13-28)27-17(10-15(12-22)26-27)18-11-20(3,7-8-31-18)32(29,30)16-6-4-5-14(9-16)21(23,24)25/h4-6,9-10,18,28H,7-8,11-13H2,1-3H3. The van der Waals surface area contributed by atoms with Crippen molar-refractivity contribution in [2.75, 3.05) is 13.2 Å². The van der Waals surface area contributed by atoms with Gasteiger partial charge in [-0.25, -0.2) is 12.8 Å². The molecule has 2 aromatic rings. The fourth-order valence-electron chi connectivity index (χ4n) is 3.82. The first-order chi connectivity index (χ1) is 14.7. The van der Waals surface area contributed by atoms with E-state index in [0.717, 1.165) is 18.2 Å². The van der Waals surface area contributed by atoms with Gasteiger partial charge in [-0.05, 0) is 57.9 Å². The normalized spacial score (nSPS) is 22.8. The zero-order valence-corrected chi connectivity index (χ0v) is 18.8. The van der Waals surface area contributed by atoms with E-state index >= 15 is 0 Å². The zero-order chi connectivity index (χ0) is 23.9. The summed E-state index contributed by atoms with van der Waals surface area (Å²) in [6, 6.07) is 5.15. The average molecular weight is 479 g/mol. The van der Waals surface area contributed by atoms with E-state index in [0.29, 0.717) is 11.8 Å². The molecule has 1 saturated heterocycles. The summed E-state index contributed by atoms with van der Waals surface area (Å²) in [6.45, 7) is 3.73. The van der Waals surface area contributed by atoms with Crippen LogP contribution < -0.4 is 0 Å². The van der Waals surface area contributed by atoms with E-state index in [2.05, 4.69) is 5.10 Å². The maximum atomic E-state index is 13.4. The van der Waals surface area contributed by atoms with E-state index in [1.807, 2.05) is 0 Å². The molecule has 1 aliphatic heterocycles. The minimum Gasteiger partial charge on any atom is -0.394 e. The molecule has 178 valence electrons. The Hall–Kier alpha value is -1.98. The summed E-state index contributed by atoms with van der Waals surface area (Å²) in [6.07, 6.45) is -5.46. The van der Waals surface area contributed by atoms with Gasteiger partial charge in [0.25, 0.3) is 0 Å². The Kier molecular flexibility index (Phi) is 6.49. The number of rotatable bonds is 6. The van der Waals surface area contributed by atoms with E-state index < -0.39 is 49.5 Å². The molecule has 0 radical (unpaired) electrons. The van der Waals surface area contributed by atoms with E-state index in [4.69, 9.17) is 4.74 Å². The van der Waals surface area contributed by atoms with Crippen LogP contribution >= 0.6 is 0 Å². The Balaban J connectivity index is 2.01. The monoisotopic (exact) mass is 478 g/mol. The van der Waals surface area contributed by atoms with Crippen molar-refractivity contribution in [3.63, 3.8) is 0 Å². The molecule has 0 saturated carbocycles.